The lowest BCUT2D eigenvalue weighted by molar-refractivity contribution is 0.195. The van der Waals surface area contributed by atoms with E-state index in [2.05, 4.69) is 57.9 Å². The fraction of sp³-hybridized carbons (Fsp3) is 0.647. The molecule has 2 unspecified atom stereocenters. The maximum atomic E-state index is 6.32. The van der Waals surface area contributed by atoms with E-state index < -0.39 is 0 Å². The Labute approximate surface area is 137 Å². The van der Waals surface area contributed by atoms with E-state index in [1.165, 1.54) is 38.0 Å². The van der Waals surface area contributed by atoms with Gasteiger partial charge >= 0.3 is 0 Å². The first kappa shape index (κ1) is 16.9. The summed E-state index contributed by atoms with van der Waals surface area (Å²) >= 11 is 3.51. The smallest absolute Gasteiger partial charge is 0.0307 e. The zero-order chi connectivity index (χ0) is 15.2. The minimum absolute atomic E-state index is 0.121. The fourth-order valence-corrected chi connectivity index (χ4v) is 3.65. The summed E-state index contributed by atoms with van der Waals surface area (Å²) in [5.74, 6) is 0. The van der Waals surface area contributed by atoms with Crippen LogP contribution in [0.4, 0.5) is 0 Å². The lowest BCUT2D eigenvalue weighted by atomic mass is 10.0. The Bertz CT molecular complexity index is 438. The van der Waals surface area contributed by atoms with Crippen molar-refractivity contribution in [2.75, 3.05) is 33.2 Å². The Hall–Kier alpha value is -0.420. The normalized spacial score (nSPS) is 21.1. The number of halogens is 1. The van der Waals surface area contributed by atoms with E-state index in [1.807, 2.05) is 6.07 Å². The van der Waals surface area contributed by atoms with E-state index in [0.717, 1.165) is 23.5 Å². The number of rotatable bonds is 7. The second kappa shape index (κ2) is 8.28. The topological polar surface area (TPSA) is 32.5 Å². The molecule has 2 N–H and O–H groups in total. The average molecular weight is 354 g/mol. The third-order valence-corrected chi connectivity index (χ3v) is 5.02. The summed E-state index contributed by atoms with van der Waals surface area (Å²) in [5, 5.41) is 0. The number of hydrogen-bond acceptors (Lipinski definition) is 3. The molecule has 1 fully saturated rings. The van der Waals surface area contributed by atoms with Crippen molar-refractivity contribution < 1.29 is 0 Å². The maximum Gasteiger partial charge on any atom is 0.0307 e. The summed E-state index contributed by atoms with van der Waals surface area (Å²) in [6.07, 6.45) is 3.70. The first-order valence-corrected chi connectivity index (χ1v) is 8.83. The predicted molar refractivity (Wildman–Crippen MR) is 93.5 cm³/mol. The second-order valence-corrected chi connectivity index (χ2v) is 7.05. The van der Waals surface area contributed by atoms with Crippen LogP contribution in [0.3, 0.4) is 0 Å². The van der Waals surface area contributed by atoms with Crippen molar-refractivity contribution in [3.63, 3.8) is 0 Å². The molecule has 1 aromatic rings. The Morgan fingerprint density at radius 2 is 2.29 bits per heavy atom. The summed E-state index contributed by atoms with van der Waals surface area (Å²) < 4.78 is 1.10. The van der Waals surface area contributed by atoms with Crippen molar-refractivity contribution in [2.24, 2.45) is 5.73 Å². The van der Waals surface area contributed by atoms with Crippen LogP contribution in [-0.4, -0.2) is 49.1 Å². The van der Waals surface area contributed by atoms with Crippen LogP contribution in [0.1, 0.15) is 37.8 Å². The van der Waals surface area contributed by atoms with Crippen LogP contribution in [-0.2, 0) is 0 Å². The zero-order valence-corrected chi connectivity index (χ0v) is 14.8. The van der Waals surface area contributed by atoms with Gasteiger partial charge in [0.05, 0.1) is 0 Å². The molecule has 0 spiro atoms. The van der Waals surface area contributed by atoms with Crippen LogP contribution < -0.4 is 5.73 Å². The van der Waals surface area contributed by atoms with Crippen molar-refractivity contribution in [2.45, 2.75) is 38.3 Å². The van der Waals surface area contributed by atoms with Crippen molar-refractivity contribution in [1.82, 2.24) is 9.80 Å². The molecule has 0 aliphatic carbocycles. The van der Waals surface area contributed by atoms with Gasteiger partial charge in [0.1, 0.15) is 0 Å². The molecule has 1 aliphatic heterocycles. The van der Waals surface area contributed by atoms with E-state index in [4.69, 9.17) is 5.73 Å². The minimum atomic E-state index is 0.121. The molecule has 1 aliphatic rings. The summed E-state index contributed by atoms with van der Waals surface area (Å²) in [5.41, 5.74) is 7.53. The number of nitrogens with zero attached hydrogens (tertiary/aromatic N) is 2. The van der Waals surface area contributed by atoms with Crippen LogP contribution in [0.5, 0.6) is 0 Å². The molecule has 0 aromatic heterocycles. The Morgan fingerprint density at radius 3 is 3.00 bits per heavy atom. The van der Waals surface area contributed by atoms with Gasteiger partial charge in [-0.2, -0.15) is 0 Å². The van der Waals surface area contributed by atoms with Gasteiger partial charge in [0, 0.05) is 23.1 Å². The van der Waals surface area contributed by atoms with Crippen molar-refractivity contribution in [1.29, 1.82) is 0 Å². The van der Waals surface area contributed by atoms with Crippen LogP contribution in [0.15, 0.2) is 28.7 Å². The molecule has 0 bridgehead atoms. The molecule has 3 nitrogen and oxygen atoms in total. The second-order valence-electron chi connectivity index (χ2n) is 6.14. The van der Waals surface area contributed by atoms with Gasteiger partial charge < -0.3 is 10.6 Å². The van der Waals surface area contributed by atoms with Gasteiger partial charge in [-0.3, -0.25) is 4.90 Å². The Balaban J connectivity index is 1.77. The molecule has 0 radical (unpaired) electrons. The Morgan fingerprint density at radius 1 is 1.48 bits per heavy atom. The maximum absolute atomic E-state index is 6.32. The number of hydrogen-bond donors (Lipinski definition) is 1. The van der Waals surface area contributed by atoms with Gasteiger partial charge in [0.15, 0.2) is 0 Å². The van der Waals surface area contributed by atoms with E-state index >= 15 is 0 Å². The molecule has 1 saturated heterocycles. The molecular formula is C17H28BrN3. The molecule has 2 rings (SSSR count). The molecule has 1 heterocycles. The van der Waals surface area contributed by atoms with Crippen molar-refractivity contribution >= 4 is 15.9 Å². The van der Waals surface area contributed by atoms with Crippen molar-refractivity contribution in [3.05, 3.63) is 34.3 Å². The highest BCUT2D eigenvalue weighted by Crippen LogP contribution is 2.20. The minimum Gasteiger partial charge on any atom is -0.324 e. The van der Waals surface area contributed by atoms with Crippen LogP contribution >= 0.6 is 15.9 Å². The first-order valence-electron chi connectivity index (χ1n) is 8.03. The zero-order valence-electron chi connectivity index (χ0n) is 13.3. The van der Waals surface area contributed by atoms with Gasteiger partial charge in [-0.25, -0.2) is 0 Å². The summed E-state index contributed by atoms with van der Waals surface area (Å²) in [7, 11) is 2.22. The number of nitrogens with two attached hydrogens (primary N) is 1. The van der Waals surface area contributed by atoms with Crippen molar-refractivity contribution in [3.8, 4) is 0 Å². The molecule has 1 aromatic carbocycles. The fourth-order valence-electron chi connectivity index (χ4n) is 3.23. The predicted octanol–water partition coefficient (Wildman–Crippen LogP) is 3.26. The SMILES string of the molecule is CCN1CCCC1CN(C)CCC(N)c1cccc(Br)c1. The summed E-state index contributed by atoms with van der Waals surface area (Å²) in [6.45, 7) is 6.94. The highest BCUT2D eigenvalue weighted by Gasteiger charge is 2.23. The van der Waals surface area contributed by atoms with Gasteiger partial charge in [-0.05, 0) is 63.6 Å². The molecular weight excluding hydrogens is 326 g/mol. The monoisotopic (exact) mass is 353 g/mol. The van der Waals surface area contributed by atoms with E-state index in [9.17, 15) is 0 Å². The van der Waals surface area contributed by atoms with Crippen LogP contribution in [0, 0.1) is 0 Å². The third kappa shape index (κ3) is 5.06. The number of benzene rings is 1. The largest absolute Gasteiger partial charge is 0.324 e. The molecule has 118 valence electrons. The quantitative estimate of drug-likeness (QED) is 0.816. The van der Waals surface area contributed by atoms with Gasteiger partial charge in [-0.15, -0.1) is 0 Å². The van der Waals surface area contributed by atoms with Crippen LogP contribution in [0.2, 0.25) is 0 Å². The molecule has 4 heteroatoms. The Kier molecular flexibility index (Phi) is 6.68. The lowest BCUT2D eigenvalue weighted by Gasteiger charge is -2.28. The highest BCUT2D eigenvalue weighted by molar-refractivity contribution is 9.10. The van der Waals surface area contributed by atoms with Gasteiger partial charge in [0.25, 0.3) is 0 Å². The van der Waals surface area contributed by atoms with Gasteiger partial charge in [-0.1, -0.05) is 35.0 Å². The summed E-state index contributed by atoms with van der Waals surface area (Å²) in [4.78, 5) is 5.04. The summed E-state index contributed by atoms with van der Waals surface area (Å²) in [6, 6.07) is 9.20. The van der Waals surface area contributed by atoms with Gasteiger partial charge in [0.2, 0.25) is 0 Å². The molecule has 0 saturated carbocycles. The molecule has 21 heavy (non-hydrogen) atoms. The molecule has 2 atom stereocenters. The standard InChI is InChI=1S/C17H28BrN3/c1-3-21-10-5-8-16(21)13-20(2)11-9-17(19)14-6-4-7-15(18)12-14/h4,6-7,12,16-17H,3,5,8-11,13,19H2,1-2H3. The van der Waals surface area contributed by atoms with E-state index in [0.29, 0.717) is 0 Å². The highest BCUT2D eigenvalue weighted by atomic mass is 79.9. The molecule has 0 amide bonds. The number of likely N-dealkylation sites (N-methyl/N-ethyl adjacent to an activating group) is 2. The lowest BCUT2D eigenvalue weighted by Crippen LogP contribution is -2.39. The third-order valence-electron chi connectivity index (χ3n) is 4.53. The average Bonchev–Trinajstić information content (AvgIpc) is 2.92. The van der Waals surface area contributed by atoms with E-state index in [-0.39, 0.29) is 6.04 Å². The van der Waals surface area contributed by atoms with Crippen LogP contribution in [0.25, 0.3) is 0 Å². The number of likely N-dealkylation sites (tertiary alicyclic amines) is 1. The van der Waals surface area contributed by atoms with E-state index in [1.54, 1.807) is 0 Å². The first-order chi connectivity index (χ1) is 10.1.